The van der Waals surface area contributed by atoms with Gasteiger partial charge in [-0.05, 0) is 93.1 Å². The van der Waals surface area contributed by atoms with Crippen LogP contribution in [0.25, 0.3) is 0 Å². The molecule has 11 heteroatoms. The number of halogens is 2. The van der Waals surface area contributed by atoms with Gasteiger partial charge in [-0.1, -0.05) is 61.3 Å². The summed E-state index contributed by atoms with van der Waals surface area (Å²) in [5.41, 5.74) is 2.37. The number of piperazine rings is 1. The Labute approximate surface area is 292 Å². The highest BCUT2D eigenvalue weighted by Gasteiger charge is 2.54. The van der Waals surface area contributed by atoms with Crippen molar-refractivity contribution in [2.45, 2.75) is 83.6 Å². The number of hydrogen-bond donors (Lipinski definition) is 1. The first-order chi connectivity index (χ1) is 22.4. The zero-order valence-electron chi connectivity index (χ0n) is 27.8. The molecule has 0 aromatic heterocycles. The number of carbonyl (C=O) groups is 2. The van der Waals surface area contributed by atoms with Gasteiger partial charge in [0.15, 0.2) is 5.17 Å². The van der Waals surface area contributed by atoms with Crippen molar-refractivity contribution in [2.75, 3.05) is 32.8 Å². The lowest BCUT2D eigenvalue weighted by Gasteiger charge is -2.42. The lowest BCUT2D eigenvalue weighted by Crippen LogP contribution is -2.58. The van der Waals surface area contributed by atoms with Gasteiger partial charge in [0.05, 0.1) is 6.04 Å². The van der Waals surface area contributed by atoms with E-state index in [2.05, 4.69) is 44.4 Å². The van der Waals surface area contributed by atoms with Crippen molar-refractivity contribution < 1.29 is 14.7 Å². The second-order valence-corrected chi connectivity index (χ2v) is 15.6. The van der Waals surface area contributed by atoms with E-state index >= 15 is 0 Å². The summed E-state index contributed by atoms with van der Waals surface area (Å²) >= 11 is 14.1. The smallest absolute Gasteiger partial charge is 0.263 e. The van der Waals surface area contributed by atoms with Gasteiger partial charge in [0, 0.05) is 60.6 Å². The van der Waals surface area contributed by atoms with E-state index in [1.54, 1.807) is 0 Å². The topological polar surface area (TPSA) is 79.7 Å². The Morgan fingerprint density at radius 3 is 2.28 bits per heavy atom. The zero-order valence-corrected chi connectivity index (χ0v) is 30.2. The van der Waals surface area contributed by atoms with Crippen LogP contribution in [0, 0.1) is 5.92 Å². The molecule has 8 nitrogen and oxygen atoms in total. The summed E-state index contributed by atoms with van der Waals surface area (Å²) in [6, 6.07) is 15.2. The van der Waals surface area contributed by atoms with Crippen LogP contribution in [-0.2, 0) is 15.1 Å². The summed E-state index contributed by atoms with van der Waals surface area (Å²) in [5.74, 6) is -0.0218. The maximum atomic E-state index is 14.7. The van der Waals surface area contributed by atoms with Crippen molar-refractivity contribution in [3.05, 3.63) is 80.3 Å². The van der Waals surface area contributed by atoms with Crippen LogP contribution < -0.4 is 0 Å². The van der Waals surface area contributed by atoms with Crippen molar-refractivity contribution in [3.8, 4) is 0 Å². The van der Waals surface area contributed by atoms with E-state index in [0.717, 1.165) is 47.9 Å². The maximum Gasteiger partial charge on any atom is 0.263 e. The number of benzene rings is 2. The molecule has 6 rings (SSSR count). The summed E-state index contributed by atoms with van der Waals surface area (Å²) in [6.45, 7) is 13.6. The molecule has 4 heterocycles. The second-order valence-electron chi connectivity index (χ2n) is 13.7. The minimum absolute atomic E-state index is 0.0245. The number of amides is 2. The monoisotopic (exact) mass is 697 g/mol. The van der Waals surface area contributed by atoms with E-state index in [1.165, 1.54) is 11.8 Å². The van der Waals surface area contributed by atoms with Crippen molar-refractivity contribution in [2.24, 2.45) is 10.9 Å². The van der Waals surface area contributed by atoms with Crippen LogP contribution in [0.4, 0.5) is 0 Å². The molecule has 0 bridgehead atoms. The van der Waals surface area contributed by atoms with E-state index in [-0.39, 0.29) is 42.5 Å². The van der Waals surface area contributed by atoms with Gasteiger partial charge in [0.1, 0.15) is 16.5 Å². The number of aliphatic hydroxyl groups is 1. The lowest BCUT2D eigenvalue weighted by molar-refractivity contribution is -0.145. The van der Waals surface area contributed by atoms with Gasteiger partial charge >= 0.3 is 0 Å². The Morgan fingerprint density at radius 1 is 1.00 bits per heavy atom. The van der Waals surface area contributed by atoms with Crippen LogP contribution in [0.3, 0.4) is 0 Å². The standard InChI is InChI=1S/C36H45Cl2N5O3S/c1-22(2)30-31(34(46)42-23(3)7-16-29(42)33(45)41-19-18-40(17-6-20-44)24(4)21-41)47-35-39-36(5,26-10-14-28(38)15-11-26)32(43(30)35)25-8-12-27(37)13-9-25/h8-15,22-24,29,32,44H,6-7,16-21H2,1-5H3/t23-,24-,29+,32-,36+/m1/s1. The van der Waals surface area contributed by atoms with E-state index in [4.69, 9.17) is 28.2 Å². The Hall–Kier alpha value is -2.56. The first kappa shape index (κ1) is 34.3. The summed E-state index contributed by atoms with van der Waals surface area (Å²) in [4.78, 5) is 43.2. The molecule has 2 aromatic carbocycles. The number of carbonyl (C=O) groups excluding carboxylic acids is 2. The largest absolute Gasteiger partial charge is 0.396 e. The molecule has 2 aromatic rings. The summed E-state index contributed by atoms with van der Waals surface area (Å²) in [5, 5.41) is 11.4. The quantitative estimate of drug-likeness (QED) is 0.338. The molecule has 0 spiro atoms. The van der Waals surface area contributed by atoms with Gasteiger partial charge in [0.25, 0.3) is 5.91 Å². The third kappa shape index (κ3) is 6.34. The van der Waals surface area contributed by atoms with Gasteiger partial charge in [-0.15, -0.1) is 0 Å². The number of thioether (sulfide) groups is 1. The van der Waals surface area contributed by atoms with E-state index in [0.29, 0.717) is 34.5 Å². The Morgan fingerprint density at radius 2 is 1.66 bits per heavy atom. The summed E-state index contributed by atoms with van der Waals surface area (Å²) < 4.78 is 0. The molecular weight excluding hydrogens is 653 g/mol. The van der Waals surface area contributed by atoms with E-state index < -0.39 is 11.6 Å². The van der Waals surface area contributed by atoms with Crippen LogP contribution in [0.5, 0.6) is 0 Å². The minimum atomic E-state index is -0.648. The molecular formula is C36H45Cl2N5O3S. The molecule has 2 fully saturated rings. The van der Waals surface area contributed by atoms with Gasteiger partial charge in [-0.3, -0.25) is 14.5 Å². The number of amidine groups is 1. The molecule has 1 N–H and O–H groups in total. The number of fused-ring (bicyclic) bond motifs is 1. The molecule has 0 radical (unpaired) electrons. The zero-order chi connectivity index (χ0) is 33.6. The lowest BCUT2D eigenvalue weighted by atomic mass is 9.81. The fourth-order valence-electron chi connectivity index (χ4n) is 7.76. The van der Waals surface area contributed by atoms with Crippen LogP contribution in [0.2, 0.25) is 10.0 Å². The molecule has 4 aliphatic heterocycles. The SMILES string of the molecule is CC(C)C1=C(C(=O)N2[C@H](C)CC[C@H]2C(=O)N2CCN(CCCO)[C@H](C)C2)SC2=N[C@@](C)(c3ccc(Cl)cc3)[C@@H](c3ccc(Cl)cc3)N21. The highest BCUT2D eigenvalue weighted by Crippen LogP contribution is 2.56. The Kier molecular flexibility index (Phi) is 10.0. The fraction of sp³-hybridized carbons (Fsp3) is 0.528. The predicted octanol–water partition coefficient (Wildman–Crippen LogP) is 6.53. The minimum Gasteiger partial charge on any atom is -0.396 e. The third-order valence-corrected chi connectivity index (χ3v) is 11.8. The molecule has 5 atom stereocenters. The van der Waals surface area contributed by atoms with Gasteiger partial charge in [0.2, 0.25) is 5.91 Å². The molecule has 2 amide bonds. The third-order valence-electron chi connectivity index (χ3n) is 10.2. The fourth-order valence-corrected chi connectivity index (χ4v) is 9.37. The number of likely N-dealkylation sites (tertiary alicyclic amines) is 1. The first-order valence-electron chi connectivity index (χ1n) is 16.7. The Bertz CT molecular complexity index is 1570. The van der Waals surface area contributed by atoms with Crippen LogP contribution in [-0.4, -0.2) is 92.6 Å². The second kappa shape index (κ2) is 13.7. The van der Waals surface area contributed by atoms with Crippen molar-refractivity contribution in [3.63, 3.8) is 0 Å². The maximum absolute atomic E-state index is 14.7. The Balaban J connectivity index is 1.33. The molecule has 0 unspecified atom stereocenters. The van der Waals surface area contributed by atoms with E-state index in [1.807, 2.05) is 58.3 Å². The van der Waals surface area contributed by atoms with Gasteiger partial charge in [-0.2, -0.15) is 0 Å². The highest BCUT2D eigenvalue weighted by molar-refractivity contribution is 8.18. The first-order valence-corrected chi connectivity index (χ1v) is 18.3. The van der Waals surface area contributed by atoms with Gasteiger partial charge in [-0.25, -0.2) is 4.99 Å². The van der Waals surface area contributed by atoms with Crippen molar-refractivity contribution in [1.29, 1.82) is 0 Å². The number of allylic oxidation sites excluding steroid dienone is 1. The number of rotatable bonds is 8. The van der Waals surface area contributed by atoms with Crippen molar-refractivity contribution >= 4 is 51.9 Å². The van der Waals surface area contributed by atoms with Crippen molar-refractivity contribution in [1.82, 2.24) is 19.6 Å². The molecule has 0 saturated carbocycles. The molecule has 4 aliphatic rings. The average Bonchev–Trinajstić information content (AvgIpc) is 3.70. The predicted molar refractivity (Wildman–Crippen MR) is 190 cm³/mol. The average molecular weight is 699 g/mol. The van der Waals surface area contributed by atoms with Crippen LogP contribution >= 0.6 is 35.0 Å². The summed E-state index contributed by atoms with van der Waals surface area (Å²) in [6.07, 6.45) is 2.17. The normalized spacial score (nSPS) is 28.0. The molecule has 2 saturated heterocycles. The number of hydrogen-bond acceptors (Lipinski definition) is 7. The number of nitrogens with zero attached hydrogens (tertiary/aromatic N) is 5. The van der Waals surface area contributed by atoms with E-state index in [9.17, 15) is 14.7 Å². The molecule has 252 valence electrons. The summed E-state index contributed by atoms with van der Waals surface area (Å²) in [7, 11) is 0. The highest BCUT2D eigenvalue weighted by atomic mass is 35.5. The molecule has 47 heavy (non-hydrogen) atoms. The number of aliphatic imine (C=N–C) groups is 1. The molecule has 0 aliphatic carbocycles. The van der Waals surface area contributed by atoms with Crippen LogP contribution in [0.1, 0.15) is 71.0 Å². The van der Waals surface area contributed by atoms with Crippen LogP contribution in [0.15, 0.2) is 64.1 Å². The number of aliphatic hydroxyl groups excluding tert-OH is 1. The van der Waals surface area contributed by atoms with Gasteiger partial charge < -0.3 is 19.8 Å².